The fraction of sp³-hybridized carbons (Fsp3) is 0.650. The lowest BCUT2D eigenvalue weighted by Crippen LogP contribution is -2.08. The van der Waals surface area contributed by atoms with Crippen LogP contribution in [-0.2, 0) is 9.78 Å². The van der Waals surface area contributed by atoms with Crippen molar-refractivity contribution in [3.63, 3.8) is 0 Å². The summed E-state index contributed by atoms with van der Waals surface area (Å²) in [6, 6.07) is 3.06. The van der Waals surface area contributed by atoms with E-state index < -0.39 is 5.97 Å². The summed E-state index contributed by atoms with van der Waals surface area (Å²) >= 11 is 0. The van der Waals surface area contributed by atoms with Crippen LogP contribution in [0.15, 0.2) is 12.1 Å². The summed E-state index contributed by atoms with van der Waals surface area (Å²) in [5.41, 5.74) is 0.274. The molecule has 0 aliphatic heterocycles. The summed E-state index contributed by atoms with van der Waals surface area (Å²) in [6.07, 6.45) is 9.60. The predicted octanol–water partition coefficient (Wildman–Crippen LogP) is 4.94. The van der Waals surface area contributed by atoms with Crippen LogP contribution in [0.25, 0.3) is 0 Å². The van der Waals surface area contributed by atoms with Crippen molar-refractivity contribution < 1.29 is 28.8 Å². The Morgan fingerprint density at radius 1 is 0.808 bits per heavy atom. The smallest absolute Gasteiger partial charge is 0.373 e. The van der Waals surface area contributed by atoms with Gasteiger partial charge in [-0.25, -0.2) is 4.79 Å². The maximum absolute atomic E-state index is 12.1. The fourth-order valence-corrected chi connectivity index (χ4v) is 2.64. The molecule has 1 aromatic carbocycles. The number of carbonyl (C=O) groups is 1. The van der Waals surface area contributed by atoms with Crippen LogP contribution >= 0.6 is 0 Å². The molecule has 1 aromatic rings. The van der Waals surface area contributed by atoms with Crippen molar-refractivity contribution in [3.8, 4) is 17.2 Å². The topological polar surface area (TPSA) is 63.2 Å². The van der Waals surface area contributed by atoms with Gasteiger partial charge in [-0.2, -0.15) is 4.89 Å². The number of benzene rings is 1. The molecule has 0 saturated carbocycles. The average Bonchev–Trinajstić information content (AvgIpc) is 2.67. The zero-order valence-corrected chi connectivity index (χ0v) is 16.5. The first-order chi connectivity index (χ1) is 12.7. The molecule has 0 saturated heterocycles. The summed E-state index contributed by atoms with van der Waals surface area (Å²) in [6.45, 7) is 2.61. The lowest BCUT2D eigenvalue weighted by atomic mass is 10.1. The van der Waals surface area contributed by atoms with Crippen LogP contribution in [0, 0.1) is 0 Å². The van der Waals surface area contributed by atoms with E-state index in [1.165, 1.54) is 72.0 Å². The van der Waals surface area contributed by atoms with Gasteiger partial charge >= 0.3 is 5.97 Å². The monoisotopic (exact) mass is 368 g/mol. The number of hydrogen-bond acceptors (Lipinski definition) is 6. The number of rotatable bonds is 14. The van der Waals surface area contributed by atoms with E-state index in [1.54, 1.807) is 0 Å². The summed E-state index contributed by atoms with van der Waals surface area (Å²) < 4.78 is 15.7. The van der Waals surface area contributed by atoms with Gasteiger partial charge < -0.3 is 14.2 Å². The third-order valence-corrected chi connectivity index (χ3v) is 4.12. The van der Waals surface area contributed by atoms with E-state index in [9.17, 15) is 4.79 Å². The van der Waals surface area contributed by atoms with Crippen molar-refractivity contribution in [1.29, 1.82) is 0 Å². The standard InChI is InChI=1S/C20H32O6/c1-5-6-7-8-9-10-11-12-13-25-26-20(21)16-14-17(22-2)19(24-4)18(15-16)23-3/h14-15H,5-13H2,1-4H3. The summed E-state index contributed by atoms with van der Waals surface area (Å²) in [5.74, 6) is 0.610. The molecule has 0 amide bonds. The van der Waals surface area contributed by atoms with Crippen molar-refractivity contribution in [2.45, 2.75) is 58.3 Å². The van der Waals surface area contributed by atoms with Crippen molar-refractivity contribution in [2.75, 3.05) is 27.9 Å². The third-order valence-electron chi connectivity index (χ3n) is 4.12. The number of methoxy groups -OCH3 is 3. The minimum absolute atomic E-state index is 0.274. The molecule has 0 N–H and O–H groups in total. The van der Waals surface area contributed by atoms with E-state index in [0.717, 1.165) is 12.8 Å². The fourth-order valence-electron chi connectivity index (χ4n) is 2.64. The average molecular weight is 368 g/mol. The molecule has 0 spiro atoms. The summed E-state index contributed by atoms with van der Waals surface area (Å²) in [4.78, 5) is 22.0. The van der Waals surface area contributed by atoms with Gasteiger partial charge in [-0.05, 0) is 18.6 Å². The van der Waals surface area contributed by atoms with Gasteiger partial charge in [-0.15, -0.1) is 0 Å². The van der Waals surface area contributed by atoms with E-state index in [-0.39, 0.29) is 5.56 Å². The Labute approximate surface area is 156 Å². The minimum Gasteiger partial charge on any atom is -0.493 e. The second kappa shape index (κ2) is 13.3. The number of hydrogen-bond donors (Lipinski definition) is 0. The molecule has 0 aromatic heterocycles. The zero-order chi connectivity index (χ0) is 19.2. The molecule has 6 nitrogen and oxygen atoms in total. The molecule has 26 heavy (non-hydrogen) atoms. The van der Waals surface area contributed by atoms with Crippen LogP contribution in [0.4, 0.5) is 0 Å². The van der Waals surface area contributed by atoms with Gasteiger partial charge in [0.1, 0.15) is 0 Å². The second-order valence-electron chi connectivity index (χ2n) is 6.08. The highest BCUT2D eigenvalue weighted by Crippen LogP contribution is 2.38. The summed E-state index contributed by atoms with van der Waals surface area (Å²) in [5, 5.41) is 0. The van der Waals surface area contributed by atoms with Gasteiger partial charge in [0.2, 0.25) is 5.75 Å². The lowest BCUT2D eigenvalue weighted by Gasteiger charge is -2.13. The van der Waals surface area contributed by atoms with E-state index in [2.05, 4.69) is 6.92 Å². The highest BCUT2D eigenvalue weighted by molar-refractivity contribution is 5.90. The van der Waals surface area contributed by atoms with E-state index in [1.807, 2.05) is 0 Å². The Morgan fingerprint density at radius 2 is 1.35 bits per heavy atom. The van der Waals surface area contributed by atoms with E-state index in [4.69, 9.17) is 24.0 Å². The first kappa shape index (κ1) is 22.1. The number of ether oxygens (including phenoxy) is 3. The number of unbranched alkanes of at least 4 members (excludes halogenated alkanes) is 7. The van der Waals surface area contributed by atoms with Crippen LogP contribution in [-0.4, -0.2) is 33.9 Å². The largest absolute Gasteiger partial charge is 0.493 e. The molecule has 1 rings (SSSR count). The van der Waals surface area contributed by atoms with Gasteiger partial charge in [0.25, 0.3) is 0 Å². The lowest BCUT2D eigenvalue weighted by molar-refractivity contribution is -0.241. The molecule has 0 heterocycles. The Hall–Kier alpha value is -1.95. The maximum atomic E-state index is 12.1. The predicted molar refractivity (Wildman–Crippen MR) is 100 cm³/mol. The molecule has 0 aliphatic rings. The molecule has 148 valence electrons. The first-order valence-electron chi connectivity index (χ1n) is 9.31. The highest BCUT2D eigenvalue weighted by Gasteiger charge is 2.18. The van der Waals surface area contributed by atoms with Crippen LogP contribution in [0.2, 0.25) is 0 Å². The van der Waals surface area contributed by atoms with Crippen LogP contribution in [0.3, 0.4) is 0 Å². The molecular formula is C20H32O6. The van der Waals surface area contributed by atoms with Crippen LogP contribution in [0.5, 0.6) is 17.2 Å². The molecular weight excluding hydrogens is 336 g/mol. The number of carbonyl (C=O) groups excluding carboxylic acids is 1. The minimum atomic E-state index is -0.594. The molecule has 6 heteroatoms. The van der Waals surface area contributed by atoms with Crippen LogP contribution < -0.4 is 14.2 Å². The van der Waals surface area contributed by atoms with Crippen molar-refractivity contribution in [3.05, 3.63) is 17.7 Å². The molecule has 0 bridgehead atoms. The van der Waals surface area contributed by atoms with Gasteiger partial charge in [-0.3, -0.25) is 4.89 Å². The van der Waals surface area contributed by atoms with Gasteiger partial charge in [0.15, 0.2) is 11.5 Å². The van der Waals surface area contributed by atoms with Gasteiger partial charge in [-0.1, -0.05) is 51.9 Å². The summed E-state index contributed by atoms with van der Waals surface area (Å²) in [7, 11) is 4.49. The Bertz CT molecular complexity index is 504. The normalized spacial score (nSPS) is 10.5. The Morgan fingerprint density at radius 3 is 1.85 bits per heavy atom. The molecule has 0 aliphatic carbocycles. The van der Waals surface area contributed by atoms with Gasteiger partial charge in [0, 0.05) is 0 Å². The zero-order valence-electron chi connectivity index (χ0n) is 16.5. The van der Waals surface area contributed by atoms with E-state index in [0.29, 0.717) is 23.9 Å². The first-order valence-corrected chi connectivity index (χ1v) is 9.31. The molecule has 0 atom stereocenters. The molecule has 0 fully saturated rings. The SMILES string of the molecule is CCCCCCCCCCOOC(=O)c1cc(OC)c(OC)c(OC)c1. The van der Waals surface area contributed by atoms with Crippen molar-refractivity contribution >= 4 is 5.97 Å². The second-order valence-corrected chi connectivity index (χ2v) is 6.08. The Kier molecular flexibility index (Phi) is 11.3. The van der Waals surface area contributed by atoms with Crippen molar-refractivity contribution in [1.82, 2.24) is 0 Å². The highest BCUT2D eigenvalue weighted by atomic mass is 17.2. The molecule has 0 radical (unpaired) electrons. The third kappa shape index (κ3) is 7.52. The molecule has 0 unspecified atom stereocenters. The Balaban J connectivity index is 2.33. The quantitative estimate of drug-likeness (QED) is 0.263. The maximum Gasteiger partial charge on any atom is 0.373 e. The van der Waals surface area contributed by atoms with Gasteiger partial charge in [0.05, 0.1) is 33.5 Å². The van der Waals surface area contributed by atoms with Crippen molar-refractivity contribution in [2.24, 2.45) is 0 Å². The van der Waals surface area contributed by atoms with E-state index >= 15 is 0 Å². The van der Waals surface area contributed by atoms with Crippen LogP contribution in [0.1, 0.15) is 68.6 Å².